The van der Waals surface area contributed by atoms with Crippen molar-refractivity contribution in [1.29, 1.82) is 0 Å². The highest BCUT2D eigenvalue weighted by Crippen LogP contribution is 2.24. The van der Waals surface area contributed by atoms with Crippen molar-refractivity contribution < 1.29 is 18.3 Å². The monoisotopic (exact) mass is 286 g/mol. The molecule has 6 heteroatoms. The minimum atomic E-state index is -2.49. The zero-order valence-electron chi connectivity index (χ0n) is 11.7. The van der Waals surface area contributed by atoms with E-state index in [1.54, 1.807) is 38.1 Å². The predicted octanol–water partition coefficient (Wildman–Crippen LogP) is 1.94. The summed E-state index contributed by atoms with van der Waals surface area (Å²) in [4.78, 5) is 12.1. The number of halogens is 2. The summed E-state index contributed by atoms with van der Waals surface area (Å²) in [6.07, 6.45) is -2.49. The summed E-state index contributed by atoms with van der Waals surface area (Å²) < 4.78 is 28.4. The van der Waals surface area contributed by atoms with E-state index in [4.69, 9.17) is 10.5 Å². The van der Waals surface area contributed by atoms with E-state index in [-0.39, 0.29) is 19.1 Å². The molecule has 3 N–H and O–H groups in total. The van der Waals surface area contributed by atoms with E-state index in [1.807, 2.05) is 0 Å². The van der Waals surface area contributed by atoms with E-state index in [2.05, 4.69) is 5.32 Å². The number of alkyl halides is 2. The predicted molar refractivity (Wildman–Crippen MR) is 73.7 cm³/mol. The minimum Gasteiger partial charge on any atom is -0.399 e. The molecule has 0 heterocycles. The van der Waals surface area contributed by atoms with E-state index in [9.17, 15) is 13.6 Å². The van der Waals surface area contributed by atoms with Gasteiger partial charge in [0.05, 0.1) is 12.0 Å². The second-order valence-electron chi connectivity index (χ2n) is 4.97. The Morgan fingerprint density at radius 3 is 2.50 bits per heavy atom. The van der Waals surface area contributed by atoms with Gasteiger partial charge in [-0.25, -0.2) is 8.78 Å². The second kappa shape index (κ2) is 7.19. The summed E-state index contributed by atoms with van der Waals surface area (Å²) in [5.41, 5.74) is 6.34. The van der Waals surface area contributed by atoms with Crippen molar-refractivity contribution in [3.05, 3.63) is 29.8 Å². The molecule has 0 aromatic heterocycles. The van der Waals surface area contributed by atoms with Crippen LogP contribution in [0.2, 0.25) is 0 Å². The van der Waals surface area contributed by atoms with Crippen LogP contribution in [-0.2, 0) is 14.9 Å². The number of benzene rings is 1. The number of nitrogen functional groups attached to an aromatic ring is 1. The lowest BCUT2D eigenvalue weighted by molar-refractivity contribution is -0.125. The van der Waals surface area contributed by atoms with Gasteiger partial charge in [0.2, 0.25) is 5.91 Å². The SMILES string of the molecule is CC(C)(C(=O)NCCOCC(F)F)c1ccc(N)cc1. The normalized spacial score (nSPS) is 11.7. The molecule has 112 valence electrons. The van der Waals surface area contributed by atoms with Gasteiger partial charge in [-0.05, 0) is 31.5 Å². The van der Waals surface area contributed by atoms with Gasteiger partial charge >= 0.3 is 0 Å². The molecule has 0 aliphatic carbocycles. The molecule has 0 radical (unpaired) electrons. The highest BCUT2D eigenvalue weighted by molar-refractivity contribution is 5.87. The van der Waals surface area contributed by atoms with Gasteiger partial charge in [0.25, 0.3) is 6.43 Å². The van der Waals surface area contributed by atoms with Crippen LogP contribution in [0.25, 0.3) is 0 Å². The number of hydrogen-bond donors (Lipinski definition) is 2. The molecule has 1 aromatic carbocycles. The maximum atomic E-state index is 12.1. The van der Waals surface area contributed by atoms with Crippen LogP contribution >= 0.6 is 0 Å². The Balaban J connectivity index is 2.46. The number of ether oxygens (including phenoxy) is 1. The van der Waals surface area contributed by atoms with E-state index < -0.39 is 18.4 Å². The second-order valence-corrected chi connectivity index (χ2v) is 4.97. The van der Waals surface area contributed by atoms with Crippen molar-refractivity contribution in [3.63, 3.8) is 0 Å². The molecule has 1 rings (SSSR count). The molecule has 0 unspecified atom stereocenters. The lowest BCUT2D eigenvalue weighted by atomic mass is 9.83. The molecular weight excluding hydrogens is 266 g/mol. The van der Waals surface area contributed by atoms with Crippen molar-refractivity contribution >= 4 is 11.6 Å². The molecule has 0 fully saturated rings. The van der Waals surface area contributed by atoms with Crippen molar-refractivity contribution in [2.45, 2.75) is 25.7 Å². The zero-order chi connectivity index (χ0) is 15.2. The van der Waals surface area contributed by atoms with E-state index in [1.165, 1.54) is 0 Å². The Labute approximate surface area is 117 Å². The van der Waals surface area contributed by atoms with Crippen LogP contribution in [0, 0.1) is 0 Å². The molecule has 0 atom stereocenters. The Bertz CT molecular complexity index is 433. The number of anilines is 1. The first-order valence-corrected chi connectivity index (χ1v) is 6.34. The van der Waals surface area contributed by atoms with Crippen LogP contribution in [-0.4, -0.2) is 32.1 Å². The standard InChI is InChI=1S/C14H20F2N2O2/c1-14(2,10-3-5-11(17)6-4-10)13(19)18-7-8-20-9-12(15)16/h3-6,12H,7-9,17H2,1-2H3,(H,18,19). The highest BCUT2D eigenvalue weighted by Gasteiger charge is 2.29. The largest absolute Gasteiger partial charge is 0.399 e. The van der Waals surface area contributed by atoms with Gasteiger partial charge in [0.1, 0.15) is 6.61 Å². The van der Waals surface area contributed by atoms with Crippen molar-refractivity contribution in [2.75, 3.05) is 25.5 Å². The summed E-state index contributed by atoms with van der Waals surface area (Å²) in [6.45, 7) is 3.22. The lowest BCUT2D eigenvalue weighted by Crippen LogP contribution is -2.41. The van der Waals surface area contributed by atoms with E-state index >= 15 is 0 Å². The maximum absolute atomic E-state index is 12.1. The third-order valence-electron chi connectivity index (χ3n) is 2.98. The number of nitrogens with two attached hydrogens (primary N) is 1. The average molecular weight is 286 g/mol. The Hall–Kier alpha value is -1.69. The quantitative estimate of drug-likeness (QED) is 0.595. The van der Waals surface area contributed by atoms with Crippen molar-refractivity contribution in [3.8, 4) is 0 Å². The van der Waals surface area contributed by atoms with E-state index in [0.29, 0.717) is 5.69 Å². The third-order valence-corrected chi connectivity index (χ3v) is 2.98. The summed E-state index contributed by atoms with van der Waals surface area (Å²) >= 11 is 0. The zero-order valence-corrected chi connectivity index (χ0v) is 11.7. The Morgan fingerprint density at radius 1 is 1.35 bits per heavy atom. The van der Waals surface area contributed by atoms with E-state index in [0.717, 1.165) is 5.56 Å². The number of rotatable bonds is 7. The molecule has 0 spiro atoms. The van der Waals surface area contributed by atoms with Gasteiger partial charge in [0.15, 0.2) is 0 Å². The van der Waals surface area contributed by atoms with Crippen LogP contribution in [0.5, 0.6) is 0 Å². The molecular formula is C14H20F2N2O2. The van der Waals surface area contributed by atoms with Crippen LogP contribution in [0.1, 0.15) is 19.4 Å². The molecule has 0 aliphatic heterocycles. The van der Waals surface area contributed by atoms with Crippen LogP contribution in [0.15, 0.2) is 24.3 Å². The maximum Gasteiger partial charge on any atom is 0.261 e. The summed E-state index contributed by atoms with van der Waals surface area (Å²) in [5.74, 6) is -0.192. The number of nitrogens with one attached hydrogen (secondary N) is 1. The van der Waals surface area contributed by atoms with Gasteiger partial charge < -0.3 is 15.8 Å². The van der Waals surface area contributed by atoms with Gasteiger partial charge in [0, 0.05) is 12.2 Å². The molecule has 0 aliphatic rings. The fraction of sp³-hybridized carbons (Fsp3) is 0.500. The molecule has 0 saturated carbocycles. The van der Waals surface area contributed by atoms with Crippen molar-refractivity contribution in [2.24, 2.45) is 0 Å². The fourth-order valence-corrected chi connectivity index (χ4v) is 1.66. The summed E-state index contributed by atoms with van der Waals surface area (Å²) in [5, 5.41) is 2.67. The average Bonchev–Trinajstić information content (AvgIpc) is 2.38. The number of hydrogen-bond acceptors (Lipinski definition) is 3. The first-order valence-electron chi connectivity index (χ1n) is 6.34. The Kier molecular flexibility index (Phi) is 5.88. The van der Waals surface area contributed by atoms with Crippen LogP contribution < -0.4 is 11.1 Å². The minimum absolute atomic E-state index is 0.0634. The highest BCUT2D eigenvalue weighted by atomic mass is 19.3. The summed E-state index contributed by atoms with van der Waals surface area (Å²) in [7, 11) is 0. The topological polar surface area (TPSA) is 64.3 Å². The molecule has 0 saturated heterocycles. The number of carbonyl (C=O) groups excluding carboxylic acids is 1. The fourth-order valence-electron chi connectivity index (χ4n) is 1.66. The lowest BCUT2D eigenvalue weighted by Gasteiger charge is -2.24. The Morgan fingerprint density at radius 2 is 1.95 bits per heavy atom. The van der Waals surface area contributed by atoms with Gasteiger partial charge in [-0.3, -0.25) is 4.79 Å². The molecule has 20 heavy (non-hydrogen) atoms. The van der Waals surface area contributed by atoms with Gasteiger partial charge in [-0.1, -0.05) is 12.1 Å². The van der Waals surface area contributed by atoms with Crippen LogP contribution in [0.4, 0.5) is 14.5 Å². The van der Waals surface area contributed by atoms with Gasteiger partial charge in [-0.15, -0.1) is 0 Å². The molecule has 1 aromatic rings. The van der Waals surface area contributed by atoms with Gasteiger partial charge in [-0.2, -0.15) is 0 Å². The molecule has 1 amide bonds. The smallest absolute Gasteiger partial charge is 0.261 e. The summed E-state index contributed by atoms with van der Waals surface area (Å²) in [6, 6.07) is 7.05. The number of amides is 1. The first-order chi connectivity index (χ1) is 9.34. The van der Waals surface area contributed by atoms with Crippen LogP contribution in [0.3, 0.4) is 0 Å². The number of carbonyl (C=O) groups is 1. The first kappa shape index (κ1) is 16.4. The van der Waals surface area contributed by atoms with Crippen molar-refractivity contribution in [1.82, 2.24) is 5.32 Å². The third kappa shape index (κ3) is 4.77. The molecule has 0 bridgehead atoms. The molecule has 4 nitrogen and oxygen atoms in total.